The summed E-state index contributed by atoms with van der Waals surface area (Å²) < 4.78 is 36.8. The Labute approximate surface area is 222 Å². The quantitative estimate of drug-likeness (QED) is 0.403. The molecule has 0 unspecified atom stereocenters. The minimum Gasteiger partial charge on any atom is -0.379 e. The Balaban J connectivity index is 1.39. The summed E-state index contributed by atoms with van der Waals surface area (Å²) >= 11 is 0. The molecule has 0 aliphatic carbocycles. The molecule has 6 rings (SSSR count). The smallest absolute Gasteiger partial charge is 0.276 e. The van der Waals surface area contributed by atoms with Crippen molar-refractivity contribution in [3.63, 3.8) is 0 Å². The molecule has 0 radical (unpaired) electrons. The van der Waals surface area contributed by atoms with E-state index in [0.29, 0.717) is 30.1 Å². The third kappa shape index (κ3) is 4.66. The molecule has 39 heavy (non-hydrogen) atoms. The molecule has 10 nitrogen and oxygen atoms in total. The molecule has 202 valence electrons. The van der Waals surface area contributed by atoms with Gasteiger partial charge in [-0.15, -0.1) is 0 Å². The first-order valence-electron chi connectivity index (χ1n) is 12.9. The van der Waals surface area contributed by atoms with Gasteiger partial charge in [-0.3, -0.25) is 14.3 Å². The van der Waals surface area contributed by atoms with Gasteiger partial charge in [0, 0.05) is 37.2 Å². The van der Waals surface area contributed by atoms with Crippen molar-refractivity contribution in [2.75, 3.05) is 36.5 Å². The van der Waals surface area contributed by atoms with Crippen LogP contribution in [0.15, 0.2) is 53.5 Å². The minimum atomic E-state index is -0.971. The van der Waals surface area contributed by atoms with Crippen LogP contribution < -0.4 is 21.5 Å². The molecule has 2 saturated heterocycles. The lowest BCUT2D eigenvalue weighted by Gasteiger charge is -2.34. The first-order valence-corrected chi connectivity index (χ1v) is 12.9. The summed E-state index contributed by atoms with van der Waals surface area (Å²) in [5.74, 6) is -2.58. The topological polar surface area (TPSA) is 120 Å². The first kappa shape index (κ1) is 25.1. The highest BCUT2D eigenvalue weighted by molar-refractivity contribution is 6.08. The molecule has 0 spiro atoms. The zero-order valence-electron chi connectivity index (χ0n) is 21.0. The van der Waals surface area contributed by atoms with Crippen LogP contribution in [0, 0.1) is 11.6 Å². The Morgan fingerprint density at radius 2 is 1.90 bits per heavy atom. The predicted octanol–water partition coefficient (Wildman–Crippen LogP) is 3.00. The number of benzene rings is 2. The molecule has 1 amide bonds. The molecule has 3 N–H and O–H groups in total. The summed E-state index contributed by atoms with van der Waals surface area (Å²) in [6.07, 6.45) is 4.46. The number of para-hydroxylation sites is 1. The normalized spacial score (nSPS) is 19.5. The molecule has 12 heteroatoms. The summed E-state index contributed by atoms with van der Waals surface area (Å²) in [6.45, 7) is 2.63. The van der Waals surface area contributed by atoms with Crippen LogP contribution in [0.4, 0.5) is 20.2 Å². The molecule has 2 aliphatic heterocycles. The number of piperidine rings is 1. The van der Waals surface area contributed by atoms with E-state index in [0.717, 1.165) is 60.6 Å². The number of hydrogen-bond donors (Lipinski definition) is 2. The molecule has 2 aliphatic rings. The van der Waals surface area contributed by atoms with E-state index in [4.69, 9.17) is 10.5 Å². The summed E-state index contributed by atoms with van der Waals surface area (Å²) in [5.41, 5.74) is 6.91. The molecular formula is C27H27F2N7O3. The summed E-state index contributed by atoms with van der Waals surface area (Å²) in [4.78, 5) is 27.9. The number of anilines is 2. The SMILES string of the molecule is N[C@@H]1CCCN(c2c(NC(=O)c3ccc(=O)n(-c4c(F)cccc4F)n3)ccc3c2cnn3[C@@H]2CCOC2)C1. The van der Waals surface area contributed by atoms with Gasteiger partial charge in [0.2, 0.25) is 0 Å². The Hall–Kier alpha value is -4.16. The number of nitrogens with zero attached hydrogens (tertiary/aromatic N) is 5. The van der Waals surface area contributed by atoms with Gasteiger partial charge >= 0.3 is 0 Å². The van der Waals surface area contributed by atoms with E-state index < -0.39 is 28.8 Å². The van der Waals surface area contributed by atoms with Gasteiger partial charge in [0.25, 0.3) is 11.5 Å². The van der Waals surface area contributed by atoms with Crippen LogP contribution in [0.2, 0.25) is 0 Å². The van der Waals surface area contributed by atoms with Crippen molar-refractivity contribution in [2.45, 2.75) is 31.3 Å². The fourth-order valence-electron chi connectivity index (χ4n) is 5.34. The van der Waals surface area contributed by atoms with Gasteiger partial charge in [0.15, 0.2) is 11.6 Å². The highest BCUT2D eigenvalue weighted by Crippen LogP contribution is 2.38. The van der Waals surface area contributed by atoms with Gasteiger partial charge in [-0.2, -0.15) is 14.9 Å². The van der Waals surface area contributed by atoms with E-state index in [9.17, 15) is 18.4 Å². The third-order valence-electron chi connectivity index (χ3n) is 7.21. The standard InChI is InChI=1S/C27H27F2N7O3/c28-19-4-1-5-20(29)26(19)36-24(37)9-7-22(33-36)27(38)32-21-6-8-23-18(13-31-35(23)17-10-12-39-15-17)25(21)34-11-2-3-16(30)14-34/h1,4-9,13,16-17H,2-3,10-12,14-15,30H2,(H,32,38)/t16-,17-/m1/s1. The number of halogens is 2. The Kier molecular flexibility index (Phi) is 6.57. The van der Waals surface area contributed by atoms with Gasteiger partial charge in [-0.25, -0.2) is 8.78 Å². The van der Waals surface area contributed by atoms with Crippen molar-refractivity contribution >= 4 is 28.2 Å². The number of carbonyl (C=O) groups is 1. The lowest BCUT2D eigenvalue weighted by atomic mass is 10.0. The fraction of sp³-hybridized carbons (Fsp3) is 0.333. The Morgan fingerprint density at radius 1 is 1.08 bits per heavy atom. The van der Waals surface area contributed by atoms with Crippen molar-refractivity contribution in [1.29, 1.82) is 0 Å². The van der Waals surface area contributed by atoms with Crippen molar-refractivity contribution in [2.24, 2.45) is 5.73 Å². The number of aromatic nitrogens is 4. The number of rotatable bonds is 5. The second-order valence-electron chi connectivity index (χ2n) is 9.84. The number of ether oxygens (including phenoxy) is 1. The van der Waals surface area contributed by atoms with E-state index >= 15 is 0 Å². The number of nitrogens with one attached hydrogen (secondary N) is 1. The molecule has 2 atom stereocenters. The Bertz CT molecular complexity index is 1590. The van der Waals surface area contributed by atoms with Crippen LogP contribution in [0.25, 0.3) is 16.6 Å². The number of amides is 1. The molecule has 2 fully saturated rings. The Morgan fingerprint density at radius 3 is 2.64 bits per heavy atom. The van der Waals surface area contributed by atoms with Crippen LogP contribution in [0.5, 0.6) is 0 Å². The highest BCUT2D eigenvalue weighted by atomic mass is 19.1. The summed E-state index contributed by atoms with van der Waals surface area (Å²) in [7, 11) is 0. The van der Waals surface area contributed by atoms with Gasteiger partial charge in [0.05, 0.1) is 35.7 Å². The zero-order valence-corrected chi connectivity index (χ0v) is 21.0. The molecule has 2 aromatic heterocycles. The lowest BCUT2D eigenvalue weighted by Crippen LogP contribution is -2.43. The predicted molar refractivity (Wildman–Crippen MR) is 141 cm³/mol. The highest BCUT2D eigenvalue weighted by Gasteiger charge is 2.27. The number of hydrogen-bond acceptors (Lipinski definition) is 7. The largest absolute Gasteiger partial charge is 0.379 e. The van der Waals surface area contributed by atoms with Crippen molar-refractivity contribution in [3.05, 3.63) is 76.3 Å². The molecule has 2 aromatic carbocycles. The van der Waals surface area contributed by atoms with Crippen LogP contribution in [-0.2, 0) is 4.74 Å². The lowest BCUT2D eigenvalue weighted by molar-refractivity contribution is 0.102. The van der Waals surface area contributed by atoms with Crippen LogP contribution >= 0.6 is 0 Å². The van der Waals surface area contributed by atoms with E-state index in [2.05, 4.69) is 20.4 Å². The van der Waals surface area contributed by atoms with Gasteiger partial charge < -0.3 is 20.7 Å². The van der Waals surface area contributed by atoms with E-state index in [-0.39, 0.29) is 17.8 Å². The van der Waals surface area contributed by atoms with Crippen LogP contribution in [-0.4, -0.2) is 57.8 Å². The summed E-state index contributed by atoms with van der Waals surface area (Å²) in [6, 6.07) is 9.30. The monoisotopic (exact) mass is 535 g/mol. The number of nitrogens with two attached hydrogens (primary N) is 1. The zero-order chi connectivity index (χ0) is 27.1. The molecular weight excluding hydrogens is 508 g/mol. The molecule has 4 heterocycles. The van der Waals surface area contributed by atoms with E-state index in [1.165, 1.54) is 12.1 Å². The second-order valence-corrected chi connectivity index (χ2v) is 9.84. The van der Waals surface area contributed by atoms with Crippen molar-refractivity contribution in [1.82, 2.24) is 19.6 Å². The van der Waals surface area contributed by atoms with E-state index in [1.54, 1.807) is 12.3 Å². The number of fused-ring (bicyclic) bond motifs is 1. The maximum absolute atomic E-state index is 14.4. The van der Waals surface area contributed by atoms with Crippen molar-refractivity contribution in [3.8, 4) is 5.69 Å². The van der Waals surface area contributed by atoms with Crippen LogP contribution in [0.3, 0.4) is 0 Å². The fourth-order valence-corrected chi connectivity index (χ4v) is 5.34. The van der Waals surface area contributed by atoms with Gasteiger partial charge in [-0.05, 0) is 49.6 Å². The van der Waals surface area contributed by atoms with E-state index in [1.807, 2.05) is 10.7 Å². The van der Waals surface area contributed by atoms with Crippen LogP contribution in [0.1, 0.15) is 35.8 Å². The maximum atomic E-state index is 14.4. The number of carbonyl (C=O) groups excluding carboxylic acids is 1. The first-order chi connectivity index (χ1) is 18.9. The average molecular weight is 536 g/mol. The maximum Gasteiger partial charge on any atom is 0.276 e. The summed E-state index contributed by atoms with van der Waals surface area (Å²) in [5, 5.41) is 12.4. The average Bonchev–Trinajstić information content (AvgIpc) is 3.59. The third-order valence-corrected chi connectivity index (χ3v) is 7.21. The molecule has 4 aromatic rings. The van der Waals surface area contributed by atoms with Gasteiger partial charge in [-0.1, -0.05) is 6.07 Å². The minimum absolute atomic E-state index is 0.0169. The molecule has 0 bridgehead atoms. The van der Waals surface area contributed by atoms with Crippen molar-refractivity contribution < 1.29 is 18.3 Å². The van der Waals surface area contributed by atoms with Gasteiger partial charge in [0.1, 0.15) is 11.4 Å². The molecule has 0 saturated carbocycles. The second kappa shape index (κ2) is 10.2.